The second-order valence-corrected chi connectivity index (χ2v) is 7.94. The molecule has 0 saturated heterocycles. The average Bonchev–Trinajstić information content (AvgIpc) is 3.46. The van der Waals surface area contributed by atoms with Crippen LogP contribution >= 0.6 is 0 Å². The molecule has 7 heteroatoms. The fraction of sp³-hybridized carbons (Fsp3) is 0.500. The third kappa shape index (κ3) is 4.34. The Morgan fingerprint density at radius 3 is 2.83 bits per heavy atom. The van der Waals surface area contributed by atoms with E-state index in [1.807, 2.05) is 30.5 Å². The number of hydrogen-bond acceptors (Lipinski definition) is 4. The minimum atomic E-state index is -0.484. The van der Waals surface area contributed by atoms with Crippen LogP contribution in [0.2, 0.25) is 0 Å². The van der Waals surface area contributed by atoms with Crippen LogP contribution in [0.1, 0.15) is 48.0 Å². The van der Waals surface area contributed by atoms with E-state index in [9.17, 15) is 9.59 Å². The van der Waals surface area contributed by atoms with Crippen LogP contribution in [0, 0.1) is 5.92 Å². The van der Waals surface area contributed by atoms with Gasteiger partial charge in [0.2, 0.25) is 5.91 Å². The van der Waals surface area contributed by atoms with Gasteiger partial charge in [0.1, 0.15) is 6.04 Å². The first kappa shape index (κ1) is 19.6. The molecule has 1 atom stereocenters. The number of carbonyl (C=O) groups is 2. The van der Waals surface area contributed by atoms with Crippen LogP contribution in [0.15, 0.2) is 36.5 Å². The third-order valence-corrected chi connectivity index (χ3v) is 5.98. The number of aromatic nitrogens is 2. The van der Waals surface area contributed by atoms with Crippen LogP contribution < -0.4 is 5.32 Å². The summed E-state index contributed by atoms with van der Waals surface area (Å²) in [5.74, 6) is 0.785. The van der Waals surface area contributed by atoms with Crippen molar-refractivity contribution in [3.05, 3.63) is 47.7 Å². The molecule has 4 rings (SSSR count). The number of anilines is 1. The van der Waals surface area contributed by atoms with Gasteiger partial charge in [-0.2, -0.15) is 5.10 Å². The lowest BCUT2D eigenvalue weighted by molar-refractivity contribution is -0.121. The highest BCUT2D eigenvalue weighted by Crippen LogP contribution is 2.33. The maximum atomic E-state index is 13.2. The van der Waals surface area contributed by atoms with Crippen molar-refractivity contribution in [2.45, 2.75) is 51.2 Å². The van der Waals surface area contributed by atoms with Crippen molar-refractivity contribution in [2.24, 2.45) is 5.92 Å². The van der Waals surface area contributed by atoms with Crippen molar-refractivity contribution in [3.8, 4) is 0 Å². The summed E-state index contributed by atoms with van der Waals surface area (Å²) in [5, 5.41) is 7.32. The second kappa shape index (κ2) is 8.78. The Hall–Kier alpha value is -2.67. The minimum absolute atomic E-state index is 0.0515. The van der Waals surface area contributed by atoms with Gasteiger partial charge in [0.05, 0.1) is 13.2 Å². The van der Waals surface area contributed by atoms with Gasteiger partial charge in [-0.05, 0) is 24.0 Å². The maximum Gasteiger partial charge on any atom is 0.255 e. The lowest BCUT2D eigenvalue weighted by atomic mass is 9.96. The van der Waals surface area contributed by atoms with Gasteiger partial charge in [0, 0.05) is 31.5 Å². The van der Waals surface area contributed by atoms with E-state index in [0.29, 0.717) is 43.4 Å². The molecule has 0 radical (unpaired) electrons. The largest absolute Gasteiger partial charge is 0.383 e. The molecular formula is C22H28N4O3. The van der Waals surface area contributed by atoms with E-state index < -0.39 is 6.04 Å². The van der Waals surface area contributed by atoms with Crippen molar-refractivity contribution in [1.29, 1.82) is 0 Å². The number of benzene rings is 1. The first-order chi connectivity index (χ1) is 14.2. The Bertz CT molecular complexity index is 872. The molecule has 0 spiro atoms. The molecule has 1 aromatic carbocycles. The normalized spacial score (nSPS) is 17.6. The number of methoxy groups -OCH3 is 1. The number of carbonyl (C=O) groups excluding carboxylic acids is 2. The Kier molecular flexibility index (Phi) is 5.94. The number of nitrogens with one attached hydrogen (secondary N) is 1. The smallest absolute Gasteiger partial charge is 0.255 e. The topological polar surface area (TPSA) is 76.5 Å². The summed E-state index contributed by atoms with van der Waals surface area (Å²) in [6.07, 6.45) is 7.19. The molecule has 1 saturated carbocycles. The first-order valence-electron chi connectivity index (χ1n) is 10.4. The molecule has 0 unspecified atom stereocenters. The Morgan fingerprint density at radius 1 is 1.28 bits per heavy atom. The summed E-state index contributed by atoms with van der Waals surface area (Å²) in [5.41, 5.74) is 1.70. The van der Waals surface area contributed by atoms with E-state index in [4.69, 9.17) is 4.74 Å². The van der Waals surface area contributed by atoms with E-state index in [1.165, 1.54) is 12.8 Å². The van der Waals surface area contributed by atoms with Gasteiger partial charge in [0.15, 0.2) is 5.82 Å². The summed E-state index contributed by atoms with van der Waals surface area (Å²) in [6.45, 7) is 1.67. The molecule has 0 bridgehead atoms. The van der Waals surface area contributed by atoms with Gasteiger partial charge >= 0.3 is 0 Å². The zero-order chi connectivity index (χ0) is 20.2. The Labute approximate surface area is 171 Å². The van der Waals surface area contributed by atoms with Crippen LogP contribution in [0.4, 0.5) is 5.82 Å². The maximum absolute atomic E-state index is 13.2. The average molecular weight is 396 g/mol. The van der Waals surface area contributed by atoms with E-state index in [-0.39, 0.29) is 11.8 Å². The molecule has 1 aliphatic carbocycles. The fourth-order valence-corrected chi connectivity index (χ4v) is 4.41. The van der Waals surface area contributed by atoms with Crippen LogP contribution in [-0.2, 0) is 22.6 Å². The summed E-state index contributed by atoms with van der Waals surface area (Å²) >= 11 is 0. The number of fused-ring (bicyclic) bond motifs is 1. The standard InChI is InChI=1S/C22H28N4O3/c1-29-13-12-25-11-10-20(24-25)23-21(27)19(14-16-6-2-3-7-16)26-15-17-8-4-5-9-18(17)22(26)28/h4-5,8-11,16,19H,2-3,6-7,12-15H2,1H3,(H,23,24,27)/t19-/m0/s1. The van der Waals surface area contributed by atoms with E-state index in [2.05, 4.69) is 10.4 Å². The van der Waals surface area contributed by atoms with E-state index in [1.54, 1.807) is 22.8 Å². The number of ether oxygens (including phenoxy) is 1. The molecule has 29 heavy (non-hydrogen) atoms. The Balaban J connectivity index is 1.50. The summed E-state index contributed by atoms with van der Waals surface area (Å²) in [6, 6.07) is 8.92. The number of amides is 2. The monoisotopic (exact) mass is 396 g/mol. The molecule has 154 valence electrons. The number of hydrogen-bond donors (Lipinski definition) is 1. The molecule has 2 aliphatic rings. The predicted octanol–water partition coefficient (Wildman–Crippen LogP) is 3.07. The van der Waals surface area contributed by atoms with Crippen LogP contribution in [0.25, 0.3) is 0 Å². The molecule has 2 heterocycles. The van der Waals surface area contributed by atoms with Crippen molar-refractivity contribution < 1.29 is 14.3 Å². The van der Waals surface area contributed by atoms with Gasteiger partial charge in [-0.3, -0.25) is 14.3 Å². The summed E-state index contributed by atoms with van der Waals surface area (Å²) in [4.78, 5) is 28.0. The highest BCUT2D eigenvalue weighted by Gasteiger charge is 2.38. The lowest BCUT2D eigenvalue weighted by Gasteiger charge is -2.28. The molecule has 2 aromatic rings. The zero-order valence-electron chi connectivity index (χ0n) is 16.8. The highest BCUT2D eigenvalue weighted by atomic mass is 16.5. The molecule has 1 fully saturated rings. The lowest BCUT2D eigenvalue weighted by Crippen LogP contribution is -2.45. The zero-order valence-corrected chi connectivity index (χ0v) is 16.8. The van der Waals surface area contributed by atoms with Crippen LogP contribution in [0.3, 0.4) is 0 Å². The molecule has 7 nitrogen and oxygen atoms in total. The molecule has 1 aromatic heterocycles. The van der Waals surface area contributed by atoms with Crippen molar-refractivity contribution in [1.82, 2.24) is 14.7 Å². The van der Waals surface area contributed by atoms with Crippen molar-refractivity contribution in [2.75, 3.05) is 19.0 Å². The SMILES string of the molecule is COCCn1ccc(NC(=O)[C@H](CC2CCCC2)N2Cc3ccccc3C2=O)n1. The van der Waals surface area contributed by atoms with Crippen molar-refractivity contribution in [3.63, 3.8) is 0 Å². The third-order valence-electron chi connectivity index (χ3n) is 5.98. The summed E-state index contributed by atoms with van der Waals surface area (Å²) < 4.78 is 6.80. The fourth-order valence-electron chi connectivity index (χ4n) is 4.41. The molecular weight excluding hydrogens is 368 g/mol. The molecule has 1 aliphatic heterocycles. The Morgan fingerprint density at radius 2 is 2.07 bits per heavy atom. The highest BCUT2D eigenvalue weighted by molar-refractivity contribution is 6.03. The van der Waals surface area contributed by atoms with E-state index >= 15 is 0 Å². The quantitative estimate of drug-likeness (QED) is 0.744. The predicted molar refractivity (Wildman–Crippen MR) is 109 cm³/mol. The van der Waals surface area contributed by atoms with Crippen molar-refractivity contribution >= 4 is 17.6 Å². The van der Waals surface area contributed by atoms with Gasteiger partial charge in [-0.1, -0.05) is 43.9 Å². The second-order valence-electron chi connectivity index (χ2n) is 7.94. The van der Waals surface area contributed by atoms with E-state index in [0.717, 1.165) is 18.4 Å². The number of rotatable bonds is 8. The van der Waals surface area contributed by atoms with Crippen LogP contribution in [-0.4, -0.2) is 46.3 Å². The van der Waals surface area contributed by atoms with Gasteiger partial charge in [-0.25, -0.2) is 0 Å². The first-order valence-corrected chi connectivity index (χ1v) is 10.4. The molecule has 1 N–H and O–H groups in total. The summed E-state index contributed by atoms with van der Waals surface area (Å²) in [7, 11) is 1.64. The number of nitrogens with zero attached hydrogens (tertiary/aromatic N) is 3. The molecule has 2 amide bonds. The van der Waals surface area contributed by atoms with Gasteiger partial charge in [0.25, 0.3) is 5.91 Å². The van der Waals surface area contributed by atoms with Gasteiger partial charge in [-0.15, -0.1) is 0 Å². The van der Waals surface area contributed by atoms with Crippen LogP contribution in [0.5, 0.6) is 0 Å². The minimum Gasteiger partial charge on any atom is -0.383 e. The van der Waals surface area contributed by atoms with Gasteiger partial charge < -0.3 is 15.0 Å².